The Morgan fingerprint density at radius 3 is 2.53 bits per heavy atom. The van der Waals surface area contributed by atoms with Gasteiger partial charge in [-0.2, -0.15) is 4.98 Å². The number of nitrogen functional groups attached to an aromatic ring is 1. The van der Waals surface area contributed by atoms with Crippen LogP contribution < -0.4 is 16.7 Å². The molecule has 8 heteroatoms. The van der Waals surface area contributed by atoms with Crippen LogP contribution in [0.5, 0.6) is 0 Å². The van der Waals surface area contributed by atoms with Gasteiger partial charge in [0, 0.05) is 18.3 Å². The van der Waals surface area contributed by atoms with Gasteiger partial charge in [-0.05, 0) is 81.3 Å². The van der Waals surface area contributed by atoms with Crippen molar-refractivity contribution in [2.45, 2.75) is 51.1 Å². The minimum absolute atomic E-state index is 0.133. The molecule has 8 nitrogen and oxygen atoms in total. The van der Waals surface area contributed by atoms with Crippen LogP contribution in [-0.2, 0) is 6.42 Å². The number of anilines is 1. The van der Waals surface area contributed by atoms with Crippen molar-refractivity contribution in [3.63, 3.8) is 0 Å². The van der Waals surface area contributed by atoms with Gasteiger partial charge in [0.25, 0.3) is 0 Å². The van der Waals surface area contributed by atoms with E-state index < -0.39 is 6.09 Å². The SMILES string of the molecule is CC(Cc1ccc(-n2ccc(N)nc2=O)cc1)N1CCC2(CC1)CC(NC(=O)O)C2. The highest BCUT2D eigenvalue weighted by Gasteiger charge is 2.46. The van der Waals surface area contributed by atoms with Crippen molar-refractivity contribution in [2.24, 2.45) is 5.41 Å². The fourth-order valence-electron chi connectivity index (χ4n) is 4.99. The number of aromatic nitrogens is 2. The van der Waals surface area contributed by atoms with E-state index in [0.29, 0.717) is 11.5 Å². The van der Waals surface area contributed by atoms with Gasteiger partial charge in [-0.1, -0.05) is 12.1 Å². The number of benzene rings is 1. The maximum atomic E-state index is 12.0. The second kappa shape index (κ2) is 8.10. The quantitative estimate of drug-likeness (QED) is 0.695. The first-order chi connectivity index (χ1) is 14.3. The summed E-state index contributed by atoms with van der Waals surface area (Å²) in [5.41, 5.74) is 7.52. The summed E-state index contributed by atoms with van der Waals surface area (Å²) >= 11 is 0. The second-order valence-electron chi connectivity index (χ2n) is 8.82. The normalized spacial score (nSPS) is 19.9. The Balaban J connectivity index is 1.30. The van der Waals surface area contributed by atoms with Gasteiger partial charge in [0.2, 0.25) is 0 Å². The first-order valence-corrected chi connectivity index (χ1v) is 10.5. The molecule has 1 saturated heterocycles. The lowest BCUT2D eigenvalue weighted by molar-refractivity contribution is -0.00322. The molecule has 2 fully saturated rings. The zero-order chi connectivity index (χ0) is 21.3. The van der Waals surface area contributed by atoms with E-state index in [1.807, 2.05) is 12.1 Å². The molecule has 1 aromatic carbocycles. The number of piperidine rings is 1. The number of carboxylic acid groups (broad SMARTS) is 1. The Hall–Kier alpha value is -2.87. The van der Waals surface area contributed by atoms with E-state index in [2.05, 4.69) is 34.3 Å². The molecule has 1 atom stereocenters. The predicted octanol–water partition coefficient (Wildman–Crippen LogP) is 2.26. The highest BCUT2D eigenvalue weighted by Crippen LogP contribution is 2.49. The standard InChI is InChI=1S/C22H29N5O3/c1-15(26-10-7-22(8-11-26)13-17(14-22)24-21(29)30)12-16-2-4-18(5-3-16)27-9-6-19(23)25-20(27)28/h2-6,9,15,17,24H,7-8,10-14H2,1H3,(H,29,30)(H2,23,25,28). The summed E-state index contributed by atoms with van der Waals surface area (Å²) < 4.78 is 1.48. The molecular formula is C22H29N5O3. The zero-order valence-electron chi connectivity index (χ0n) is 17.3. The Labute approximate surface area is 175 Å². The molecule has 1 spiro atoms. The smallest absolute Gasteiger partial charge is 0.404 e. The number of nitrogens with zero attached hydrogens (tertiary/aromatic N) is 3. The van der Waals surface area contributed by atoms with Crippen LogP contribution >= 0.6 is 0 Å². The first kappa shape index (κ1) is 20.4. The number of hydrogen-bond donors (Lipinski definition) is 3. The minimum Gasteiger partial charge on any atom is -0.465 e. The second-order valence-corrected chi connectivity index (χ2v) is 8.82. The summed E-state index contributed by atoms with van der Waals surface area (Å²) in [6.07, 6.45) is 5.91. The Bertz CT molecular complexity index is 955. The maximum absolute atomic E-state index is 12.0. The summed E-state index contributed by atoms with van der Waals surface area (Å²) in [5, 5.41) is 11.5. The molecule has 1 aliphatic carbocycles. The fraction of sp³-hybridized carbons (Fsp3) is 0.500. The fourth-order valence-corrected chi connectivity index (χ4v) is 4.99. The van der Waals surface area contributed by atoms with E-state index in [1.165, 1.54) is 10.1 Å². The molecule has 30 heavy (non-hydrogen) atoms. The molecule has 2 aliphatic rings. The van der Waals surface area contributed by atoms with Crippen molar-refractivity contribution < 1.29 is 9.90 Å². The average Bonchev–Trinajstić information content (AvgIpc) is 2.68. The molecule has 1 saturated carbocycles. The van der Waals surface area contributed by atoms with Crippen LogP contribution in [0.4, 0.5) is 10.6 Å². The molecule has 4 N–H and O–H groups in total. The topological polar surface area (TPSA) is 113 Å². The lowest BCUT2D eigenvalue weighted by Crippen LogP contribution is -2.55. The molecule has 1 aliphatic heterocycles. The molecule has 0 bridgehead atoms. The highest BCUT2D eigenvalue weighted by atomic mass is 16.4. The van der Waals surface area contributed by atoms with Crippen molar-refractivity contribution in [1.29, 1.82) is 0 Å². The van der Waals surface area contributed by atoms with E-state index in [4.69, 9.17) is 10.8 Å². The largest absolute Gasteiger partial charge is 0.465 e. The van der Waals surface area contributed by atoms with Crippen LogP contribution in [0.2, 0.25) is 0 Å². The number of amides is 1. The van der Waals surface area contributed by atoms with Crippen molar-refractivity contribution >= 4 is 11.9 Å². The van der Waals surface area contributed by atoms with Gasteiger partial charge in [0.15, 0.2) is 0 Å². The van der Waals surface area contributed by atoms with Gasteiger partial charge in [-0.3, -0.25) is 4.57 Å². The molecule has 2 heterocycles. The molecule has 0 radical (unpaired) electrons. The molecule has 1 unspecified atom stereocenters. The summed E-state index contributed by atoms with van der Waals surface area (Å²) in [4.78, 5) is 29.1. The summed E-state index contributed by atoms with van der Waals surface area (Å²) in [6.45, 7) is 4.38. The lowest BCUT2D eigenvalue weighted by atomic mass is 9.60. The van der Waals surface area contributed by atoms with Crippen LogP contribution in [0.25, 0.3) is 5.69 Å². The van der Waals surface area contributed by atoms with Gasteiger partial charge >= 0.3 is 11.8 Å². The Kier molecular flexibility index (Phi) is 5.51. The number of rotatable bonds is 5. The predicted molar refractivity (Wildman–Crippen MR) is 115 cm³/mol. The van der Waals surface area contributed by atoms with Crippen molar-refractivity contribution in [1.82, 2.24) is 19.8 Å². The zero-order valence-corrected chi connectivity index (χ0v) is 17.3. The minimum atomic E-state index is -0.913. The Morgan fingerprint density at radius 1 is 1.27 bits per heavy atom. The number of carbonyl (C=O) groups is 1. The molecular weight excluding hydrogens is 382 g/mol. The first-order valence-electron chi connectivity index (χ1n) is 10.5. The molecule has 2 aromatic rings. The monoisotopic (exact) mass is 411 g/mol. The van der Waals surface area contributed by atoms with Gasteiger partial charge in [0.1, 0.15) is 5.82 Å². The third-order valence-electron chi connectivity index (χ3n) is 6.74. The molecule has 4 rings (SSSR count). The lowest BCUT2D eigenvalue weighted by Gasteiger charge is -2.53. The van der Waals surface area contributed by atoms with Crippen LogP contribution in [0.15, 0.2) is 41.3 Å². The summed E-state index contributed by atoms with van der Waals surface area (Å²) in [5.74, 6) is 0.223. The third-order valence-corrected chi connectivity index (χ3v) is 6.74. The summed E-state index contributed by atoms with van der Waals surface area (Å²) in [7, 11) is 0. The van der Waals surface area contributed by atoms with Gasteiger partial charge < -0.3 is 21.1 Å². The van der Waals surface area contributed by atoms with E-state index in [1.54, 1.807) is 12.3 Å². The Morgan fingerprint density at radius 2 is 1.93 bits per heavy atom. The number of likely N-dealkylation sites (tertiary alicyclic amines) is 1. The van der Waals surface area contributed by atoms with Crippen LogP contribution in [-0.4, -0.2) is 50.8 Å². The van der Waals surface area contributed by atoms with Gasteiger partial charge in [0.05, 0.1) is 5.69 Å². The van der Waals surface area contributed by atoms with Crippen LogP contribution in [0, 0.1) is 5.41 Å². The van der Waals surface area contributed by atoms with Crippen LogP contribution in [0.1, 0.15) is 38.2 Å². The van der Waals surface area contributed by atoms with Crippen LogP contribution in [0.3, 0.4) is 0 Å². The molecule has 1 aromatic heterocycles. The van der Waals surface area contributed by atoms with E-state index in [-0.39, 0.29) is 17.5 Å². The van der Waals surface area contributed by atoms with E-state index in [0.717, 1.165) is 50.9 Å². The maximum Gasteiger partial charge on any atom is 0.404 e. The number of nitrogens with one attached hydrogen (secondary N) is 1. The summed E-state index contributed by atoms with van der Waals surface area (Å²) in [6, 6.07) is 10.2. The highest BCUT2D eigenvalue weighted by molar-refractivity contribution is 5.65. The van der Waals surface area contributed by atoms with Crippen molar-refractivity contribution in [3.8, 4) is 5.69 Å². The van der Waals surface area contributed by atoms with Crippen molar-refractivity contribution in [2.75, 3.05) is 18.8 Å². The average molecular weight is 412 g/mol. The number of hydrogen-bond acceptors (Lipinski definition) is 5. The third kappa shape index (κ3) is 4.33. The molecule has 160 valence electrons. The van der Waals surface area contributed by atoms with Gasteiger partial charge in [-0.25, -0.2) is 9.59 Å². The molecule has 1 amide bonds. The van der Waals surface area contributed by atoms with Crippen molar-refractivity contribution in [3.05, 3.63) is 52.6 Å². The van der Waals surface area contributed by atoms with E-state index >= 15 is 0 Å². The number of nitrogens with two attached hydrogens (primary N) is 1. The van der Waals surface area contributed by atoms with E-state index in [9.17, 15) is 9.59 Å². The van der Waals surface area contributed by atoms with Gasteiger partial charge in [-0.15, -0.1) is 0 Å².